The lowest BCUT2D eigenvalue weighted by molar-refractivity contribution is -0.132. The van der Waals surface area contributed by atoms with E-state index in [1.165, 1.54) is 0 Å². The maximum Gasteiger partial charge on any atom is 0.333 e. The predicted octanol–water partition coefficient (Wildman–Crippen LogP) is 2.17. The van der Waals surface area contributed by atoms with E-state index in [1.54, 1.807) is 6.92 Å². The van der Waals surface area contributed by atoms with E-state index in [2.05, 4.69) is 0 Å². The number of aliphatic carboxylic acids is 1. The highest BCUT2D eigenvalue weighted by Crippen LogP contribution is 2.16. The van der Waals surface area contributed by atoms with Gasteiger partial charge in [-0.1, -0.05) is 30.1 Å². The number of rotatable bonds is 2. The lowest BCUT2D eigenvalue weighted by atomic mass is 10.2. The largest absolute Gasteiger partial charge is 0.478 e. The van der Waals surface area contributed by atoms with Crippen LogP contribution in [-0.4, -0.2) is 11.1 Å². The lowest BCUT2D eigenvalue weighted by Gasteiger charge is -1.94. The SMILES string of the molecule is CCC(C(=O)O)=C(Cl)Cl. The van der Waals surface area contributed by atoms with Gasteiger partial charge in [-0.25, -0.2) is 4.79 Å². The van der Waals surface area contributed by atoms with Gasteiger partial charge in [0.25, 0.3) is 0 Å². The first-order valence-corrected chi connectivity index (χ1v) is 3.12. The van der Waals surface area contributed by atoms with Crippen molar-refractivity contribution in [2.45, 2.75) is 13.3 Å². The molecule has 0 fully saturated rings. The van der Waals surface area contributed by atoms with Crippen molar-refractivity contribution in [3.8, 4) is 0 Å². The van der Waals surface area contributed by atoms with Crippen LogP contribution in [0.4, 0.5) is 0 Å². The summed E-state index contributed by atoms with van der Waals surface area (Å²) in [4.78, 5) is 10.1. The zero-order valence-electron chi connectivity index (χ0n) is 4.82. The minimum atomic E-state index is -1.06. The molecule has 0 rings (SSSR count). The molecule has 2 nitrogen and oxygen atoms in total. The Kier molecular flexibility index (Phi) is 3.66. The second-order valence-electron chi connectivity index (χ2n) is 1.40. The van der Waals surface area contributed by atoms with Crippen molar-refractivity contribution in [3.05, 3.63) is 10.1 Å². The Hall–Kier alpha value is -0.210. The quantitative estimate of drug-likeness (QED) is 0.643. The van der Waals surface area contributed by atoms with E-state index in [-0.39, 0.29) is 10.1 Å². The van der Waals surface area contributed by atoms with Crippen molar-refractivity contribution in [2.24, 2.45) is 0 Å². The van der Waals surface area contributed by atoms with Gasteiger partial charge in [0.05, 0.1) is 5.57 Å². The van der Waals surface area contributed by atoms with Gasteiger partial charge in [-0.3, -0.25) is 0 Å². The third-order valence-corrected chi connectivity index (χ3v) is 1.30. The molecule has 1 N–H and O–H groups in total. The topological polar surface area (TPSA) is 37.3 Å². The highest BCUT2D eigenvalue weighted by molar-refractivity contribution is 6.57. The molecule has 0 aliphatic heterocycles. The summed E-state index contributed by atoms with van der Waals surface area (Å²) in [5.41, 5.74) is 0.0540. The van der Waals surface area contributed by atoms with E-state index < -0.39 is 5.97 Å². The number of hydrogen-bond donors (Lipinski definition) is 1. The molecule has 4 heteroatoms. The predicted molar refractivity (Wildman–Crippen MR) is 36.7 cm³/mol. The van der Waals surface area contributed by atoms with Crippen LogP contribution in [0.3, 0.4) is 0 Å². The Labute approximate surface area is 63.1 Å². The van der Waals surface area contributed by atoms with Crippen molar-refractivity contribution >= 4 is 29.2 Å². The summed E-state index contributed by atoms with van der Waals surface area (Å²) in [5, 5.41) is 8.32. The molecule has 0 aromatic rings. The van der Waals surface area contributed by atoms with Crippen LogP contribution in [0.2, 0.25) is 0 Å². The van der Waals surface area contributed by atoms with E-state index in [0.29, 0.717) is 6.42 Å². The Morgan fingerprint density at radius 3 is 2.00 bits per heavy atom. The van der Waals surface area contributed by atoms with Gasteiger partial charge in [0.15, 0.2) is 0 Å². The lowest BCUT2D eigenvalue weighted by Crippen LogP contribution is -1.99. The van der Waals surface area contributed by atoms with Gasteiger partial charge in [0, 0.05) is 0 Å². The molecule has 0 atom stereocenters. The van der Waals surface area contributed by atoms with Gasteiger partial charge in [-0.15, -0.1) is 0 Å². The Morgan fingerprint density at radius 2 is 2.00 bits per heavy atom. The number of carboxylic acid groups (broad SMARTS) is 1. The Morgan fingerprint density at radius 1 is 1.56 bits per heavy atom. The molecule has 0 heterocycles. The molecule has 0 aliphatic carbocycles. The first-order valence-electron chi connectivity index (χ1n) is 2.37. The first kappa shape index (κ1) is 8.79. The second kappa shape index (κ2) is 3.75. The van der Waals surface area contributed by atoms with E-state index >= 15 is 0 Å². The van der Waals surface area contributed by atoms with Crippen molar-refractivity contribution in [1.29, 1.82) is 0 Å². The molecule has 0 spiro atoms. The molecular weight excluding hydrogens is 163 g/mol. The second-order valence-corrected chi connectivity index (χ2v) is 2.35. The van der Waals surface area contributed by atoms with Crippen LogP contribution in [0.5, 0.6) is 0 Å². The first-order chi connectivity index (χ1) is 4.09. The van der Waals surface area contributed by atoms with Crippen molar-refractivity contribution in [3.63, 3.8) is 0 Å². The Balaban J connectivity index is 4.35. The highest BCUT2D eigenvalue weighted by Gasteiger charge is 2.07. The molecule has 0 aliphatic rings. The van der Waals surface area contributed by atoms with Gasteiger partial charge < -0.3 is 5.11 Å². The summed E-state index contributed by atoms with van der Waals surface area (Å²) in [6.45, 7) is 1.67. The standard InChI is InChI=1S/C5H6Cl2O2/c1-2-3(4(6)7)5(8)9/h2H2,1H3,(H,8,9). The van der Waals surface area contributed by atoms with Gasteiger partial charge in [0.1, 0.15) is 4.49 Å². The number of carboxylic acids is 1. The molecule has 0 saturated heterocycles. The van der Waals surface area contributed by atoms with Crippen LogP contribution in [0.25, 0.3) is 0 Å². The maximum absolute atomic E-state index is 10.1. The molecule has 0 saturated carbocycles. The smallest absolute Gasteiger partial charge is 0.333 e. The molecular formula is C5H6Cl2O2. The summed E-state index contributed by atoms with van der Waals surface area (Å²) < 4.78 is -0.162. The van der Waals surface area contributed by atoms with Crippen LogP contribution in [0, 0.1) is 0 Å². The van der Waals surface area contributed by atoms with Crippen molar-refractivity contribution < 1.29 is 9.90 Å². The highest BCUT2D eigenvalue weighted by atomic mass is 35.5. The molecule has 0 bridgehead atoms. The third-order valence-electron chi connectivity index (χ3n) is 0.840. The van der Waals surface area contributed by atoms with Gasteiger partial charge in [0.2, 0.25) is 0 Å². The monoisotopic (exact) mass is 168 g/mol. The van der Waals surface area contributed by atoms with Crippen LogP contribution in [0.1, 0.15) is 13.3 Å². The van der Waals surface area contributed by atoms with Crippen LogP contribution >= 0.6 is 23.2 Å². The zero-order chi connectivity index (χ0) is 7.44. The molecule has 0 amide bonds. The number of carbonyl (C=O) groups is 1. The van der Waals surface area contributed by atoms with E-state index in [1.807, 2.05) is 0 Å². The average molecular weight is 169 g/mol. The summed E-state index contributed by atoms with van der Waals surface area (Å²) in [6, 6.07) is 0. The fourth-order valence-electron chi connectivity index (χ4n) is 0.366. The fraction of sp³-hybridized carbons (Fsp3) is 0.400. The van der Waals surface area contributed by atoms with E-state index in [0.717, 1.165) is 0 Å². The average Bonchev–Trinajstić information content (AvgIpc) is 1.64. The van der Waals surface area contributed by atoms with Crippen LogP contribution in [0.15, 0.2) is 10.1 Å². The third kappa shape index (κ3) is 2.72. The number of hydrogen-bond acceptors (Lipinski definition) is 1. The number of halogens is 2. The molecule has 0 radical (unpaired) electrons. The normalized spacial score (nSPS) is 8.78. The molecule has 52 valence electrons. The van der Waals surface area contributed by atoms with Gasteiger partial charge in [-0.2, -0.15) is 0 Å². The van der Waals surface area contributed by atoms with Crippen LogP contribution < -0.4 is 0 Å². The summed E-state index contributed by atoms with van der Waals surface area (Å²) >= 11 is 10.4. The maximum atomic E-state index is 10.1. The van der Waals surface area contributed by atoms with E-state index in [9.17, 15) is 4.79 Å². The minimum absolute atomic E-state index is 0.0540. The van der Waals surface area contributed by atoms with Crippen molar-refractivity contribution in [1.82, 2.24) is 0 Å². The molecule has 9 heavy (non-hydrogen) atoms. The van der Waals surface area contributed by atoms with E-state index in [4.69, 9.17) is 28.3 Å². The zero-order valence-corrected chi connectivity index (χ0v) is 6.33. The summed E-state index contributed by atoms with van der Waals surface area (Å²) in [7, 11) is 0. The molecule has 0 unspecified atom stereocenters. The Bertz CT molecular complexity index is 147. The molecule has 0 aromatic heterocycles. The van der Waals surface area contributed by atoms with Gasteiger partial charge >= 0.3 is 5.97 Å². The van der Waals surface area contributed by atoms with Gasteiger partial charge in [-0.05, 0) is 6.42 Å². The summed E-state index contributed by atoms with van der Waals surface area (Å²) in [6.07, 6.45) is 0.345. The summed E-state index contributed by atoms with van der Waals surface area (Å²) in [5.74, 6) is -1.06. The fourth-order valence-corrected chi connectivity index (χ4v) is 0.795. The minimum Gasteiger partial charge on any atom is -0.478 e. The molecule has 0 aromatic carbocycles. The van der Waals surface area contributed by atoms with Crippen molar-refractivity contribution in [2.75, 3.05) is 0 Å². The van der Waals surface area contributed by atoms with Crippen LogP contribution in [-0.2, 0) is 4.79 Å².